The molecule has 5 heteroatoms. The molecule has 2 aromatic carbocycles. The van der Waals surface area contributed by atoms with E-state index in [-0.39, 0.29) is 6.61 Å². The van der Waals surface area contributed by atoms with Gasteiger partial charge in [0.15, 0.2) is 0 Å². The molecule has 31 heavy (non-hydrogen) atoms. The second-order valence-electron chi connectivity index (χ2n) is 9.01. The first-order valence-electron chi connectivity index (χ1n) is 10.7. The van der Waals surface area contributed by atoms with Gasteiger partial charge >= 0.3 is 0 Å². The van der Waals surface area contributed by atoms with Crippen LogP contribution in [0.4, 0.5) is 0 Å². The molecule has 0 saturated carbocycles. The van der Waals surface area contributed by atoms with Gasteiger partial charge in [-0.15, -0.1) is 11.6 Å². The maximum atomic E-state index is 9.47. The van der Waals surface area contributed by atoms with Gasteiger partial charge in [-0.2, -0.15) is 0 Å². The lowest BCUT2D eigenvalue weighted by Gasteiger charge is -2.16. The molecular weight excluding hydrogens is 412 g/mol. The predicted octanol–water partition coefficient (Wildman–Crippen LogP) is 5.55. The Labute approximate surface area is 193 Å². The Morgan fingerprint density at radius 3 is 1.48 bits per heavy atom. The van der Waals surface area contributed by atoms with Gasteiger partial charge in [0.05, 0.1) is 17.8 Å². The van der Waals surface area contributed by atoms with Crippen LogP contribution in [0.25, 0.3) is 0 Å². The molecule has 0 heterocycles. The topological polar surface area (TPSA) is 69.9 Å². The van der Waals surface area contributed by atoms with E-state index in [1.807, 2.05) is 12.1 Å². The maximum Gasteiger partial charge on any atom is 0.0716 e. The number of benzene rings is 2. The Hall–Kier alpha value is -1.43. The molecule has 3 N–H and O–H groups in total. The quantitative estimate of drug-likeness (QED) is 0.363. The summed E-state index contributed by atoms with van der Waals surface area (Å²) in [4.78, 5) is 0. The minimum Gasteiger partial charge on any atom is -0.396 e. The lowest BCUT2D eigenvalue weighted by Crippen LogP contribution is -2.20. The van der Waals surface area contributed by atoms with Gasteiger partial charge < -0.3 is 20.1 Å². The first kappa shape index (κ1) is 29.6. The number of aryl methyl sites for hydroxylation is 2. The van der Waals surface area contributed by atoms with E-state index in [0.717, 1.165) is 0 Å². The van der Waals surface area contributed by atoms with Gasteiger partial charge in [-0.3, -0.25) is 0 Å². The van der Waals surface area contributed by atoms with Crippen LogP contribution < -0.4 is 0 Å². The SMILES string of the molecule is CC(C)(O)CCO.Cc1ccc(CCl)cc1.Cc1ccc(COCCC(C)(C)O)cc1. The van der Waals surface area contributed by atoms with E-state index in [4.69, 9.17) is 26.6 Å². The minimum absolute atomic E-state index is 0.0590. The molecular formula is C26H41ClO4. The Morgan fingerprint density at radius 2 is 1.16 bits per heavy atom. The third-order valence-corrected chi connectivity index (χ3v) is 4.55. The third kappa shape index (κ3) is 19.0. The summed E-state index contributed by atoms with van der Waals surface area (Å²) < 4.78 is 5.48. The molecule has 0 radical (unpaired) electrons. The molecule has 0 fully saturated rings. The highest BCUT2D eigenvalue weighted by Gasteiger charge is 2.11. The molecule has 0 aliphatic heterocycles. The molecule has 0 aromatic heterocycles. The zero-order valence-electron chi connectivity index (χ0n) is 20.0. The van der Waals surface area contributed by atoms with Crippen molar-refractivity contribution in [2.24, 2.45) is 0 Å². The second-order valence-corrected chi connectivity index (χ2v) is 9.27. The molecule has 2 aromatic rings. The number of hydrogen-bond acceptors (Lipinski definition) is 4. The van der Waals surface area contributed by atoms with E-state index in [1.165, 1.54) is 22.3 Å². The van der Waals surface area contributed by atoms with Gasteiger partial charge in [0.2, 0.25) is 0 Å². The van der Waals surface area contributed by atoms with E-state index in [0.29, 0.717) is 31.9 Å². The summed E-state index contributed by atoms with van der Waals surface area (Å²) in [6.45, 7) is 12.3. The van der Waals surface area contributed by atoms with Crippen molar-refractivity contribution in [2.45, 2.75) is 78.1 Å². The van der Waals surface area contributed by atoms with Crippen molar-refractivity contribution < 1.29 is 20.1 Å². The number of hydrogen-bond donors (Lipinski definition) is 3. The summed E-state index contributed by atoms with van der Waals surface area (Å²) in [5, 5.41) is 26.6. The highest BCUT2D eigenvalue weighted by atomic mass is 35.5. The molecule has 0 amide bonds. The summed E-state index contributed by atoms with van der Waals surface area (Å²) >= 11 is 5.58. The van der Waals surface area contributed by atoms with Crippen LogP contribution in [0.5, 0.6) is 0 Å². The smallest absolute Gasteiger partial charge is 0.0716 e. The number of alkyl halides is 1. The van der Waals surface area contributed by atoms with Crippen LogP contribution in [-0.4, -0.2) is 39.7 Å². The fourth-order valence-corrected chi connectivity index (χ4v) is 2.33. The highest BCUT2D eigenvalue weighted by molar-refractivity contribution is 6.17. The van der Waals surface area contributed by atoms with Crippen LogP contribution in [0.15, 0.2) is 48.5 Å². The second kappa shape index (κ2) is 15.4. The van der Waals surface area contributed by atoms with Gasteiger partial charge in [0, 0.05) is 19.1 Å². The van der Waals surface area contributed by atoms with Crippen molar-refractivity contribution in [3.05, 3.63) is 70.8 Å². The van der Waals surface area contributed by atoms with E-state index in [1.54, 1.807) is 27.7 Å². The Balaban J connectivity index is 0.000000479. The van der Waals surface area contributed by atoms with Crippen LogP contribution in [0.2, 0.25) is 0 Å². The van der Waals surface area contributed by atoms with Crippen LogP contribution in [0.3, 0.4) is 0 Å². The summed E-state index contributed by atoms with van der Waals surface area (Å²) in [5.74, 6) is 0.611. The van der Waals surface area contributed by atoms with Gasteiger partial charge in [0.1, 0.15) is 0 Å². The van der Waals surface area contributed by atoms with Crippen LogP contribution in [-0.2, 0) is 17.2 Å². The fourth-order valence-electron chi connectivity index (χ4n) is 2.15. The molecule has 0 aliphatic carbocycles. The summed E-state index contributed by atoms with van der Waals surface area (Å²) in [7, 11) is 0. The van der Waals surface area contributed by atoms with Crippen molar-refractivity contribution >= 4 is 11.6 Å². The number of rotatable bonds is 8. The zero-order chi connectivity index (χ0) is 23.9. The van der Waals surface area contributed by atoms with E-state index < -0.39 is 11.2 Å². The highest BCUT2D eigenvalue weighted by Crippen LogP contribution is 2.09. The van der Waals surface area contributed by atoms with E-state index in [2.05, 4.69) is 50.2 Å². The monoisotopic (exact) mass is 452 g/mol. The summed E-state index contributed by atoms with van der Waals surface area (Å²) in [5.41, 5.74) is 3.57. The number of halogens is 1. The summed E-state index contributed by atoms with van der Waals surface area (Å²) in [6.07, 6.45) is 1.12. The number of ether oxygens (including phenoxy) is 1. The van der Waals surface area contributed by atoms with Crippen molar-refractivity contribution in [1.29, 1.82) is 0 Å². The van der Waals surface area contributed by atoms with E-state index >= 15 is 0 Å². The van der Waals surface area contributed by atoms with Crippen molar-refractivity contribution in [2.75, 3.05) is 13.2 Å². The normalized spacial score (nSPS) is 11.2. The zero-order valence-corrected chi connectivity index (χ0v) is 20.7. The summed E-state index contributed by atoms with van der Waals surface area (Å²) in [6, 6.07) is 16.5. The molecule has 0 spiro atoms. The van der Waals surface area contributed by atoms with Gasteiger partial charge in [0.25, 0.3) is 0 Å². The molecule has 0 aliphatic rings. The average Bonchev–Trinajstić information content (AvgIpc) is 2.67. The average molecular weight is 453 g/mol. The van der Waals surface area contributed by atoms with Crippen molar-refractivity contribution in [3.63, 3.8) is 0 Å². The van der Waals surface area contributed by atoms with E-state index in [9.17, 15) is 5.11 Å². The molecule has 4 nitrogen and oxygen atoms in total. The first-order valence-corrected chi connectivity index (χ1v) is 11.2. The largest absolute Gasteiger partial charge is 0.396 e. The van der Waals surface area contributed by atoms with Gasteiger partial charge in [-0.25, -0.2) is 0 Å². The van der Waals surface area contributed by atoms with Gasteiger partial charge in [-0.05, 0) is 65.5 Å². The molecule has 176 valence electrons. The number of aliphatic hydroxyl groups excluding tert-OH is 1. The lowest BCUT2D eigenvalue weighted by molar-refractivity contribution is 0.0237. The Morgan fingerprint density at radius 1 is 0.742 bits per heavy atom. The van der Waals surface area contributed by atoms with Gasteiger partial charge in [-0.1, -0.05) is 59.7 Å². The third-order valence-electron chi connectivity index (χ3n) is 4.25. The standard InChI is InChI=1S/C13H20O2.C8H9Cl.C5H12O2/c1-11-4-6-12(7-5-11)10-15-9-8-13(2,3)14;1-7-2-4-8(6-9)5-3-7;1-5(2,7)3-4-6/h4-7,14H,8-10H2,1-3H3;2-5H,6H2,1H3;6-7H,3-4H2,1-2H3. The van der Waals surface area contributed by atoms with Crippen molar-refractivity contribution in [1.82, 2.24) is 0 Å². The van der Waals surface area contributed by atoms with Crippen molar-refractivity contribution in [3.8, 4) is 0 Å². The first-order chi connectivity index (χ1) is 14.4. The van der Waals surface area contributed by atoms with Crippen LogP contribution >= 0.6 is 11.6 Å². The molecule has 0 bridgehead atoms. The lowest BCUT2D eigenvalue weighted by atomic mass is 10.1. The Bertz CT molecular complexity index is 683. The predicted molar refractivity (Wildman–Crippen MR) is 130 cm³/mol. The molecule has 2 rings (SSSR count). The van der Waals surface area contributed by atoms with Crippen LogP contribution in [0, 0.1) is 13.8 Å². The Kier molecular flexibility index (Phi) is 14.7. The minimum atomic E-state index is -0.700. The molecule has 0 saturated heterocycles. The fraction of sp³-hybridized carbons (Fsp3) is 0.538. The van der Waals surface area contributed by atoms with Crippen LogP contribution in [0.1, 0.15) is 62.8 Å². The molecule has 0 atom stereocenters. The maximum absolute atomic E-state index is 9.47. The molecule has 0 unspecified atom stereocenters. The number of aliphatic hydroxyl groups is 3.